The van der Waals surface area contributed by atoms with Crippen LogP contribution in [0.1, 0.15) is 70.9 Å². The van der Waals surface area contributed by atoms with E-state index in [1.54, 1.807) is 25.7 Å². The summed E-state index contributed by atoms with van der Waals surface area (Å²) in [7, 11) is 1.23. The van der Waals surface area contributed by atoms with E-state index in [-0.39, 0.29) is 12.5 Å². The first-order chi connectivity index (χ1) is 21.0. The maximum Gasteiger partial charge on any atom is 0.408 e. The summed E-state index contributed by atoms with van der Waals surface area (Å²) < 4.78 is 10.3. The first-order valence-electron chi connectivity index (χ1n) is 15.4. The smallest absolute Gasteiger partial charge is 0.408 e. The van der Waals surface area contributed by atoms with Crippen molar-refractivity contribution < 1.29 is 28.7 Å². The summed E-state index contributed by atoms with van der Waals surface area (Å²) in [6.07, 6.45) is 1.24. The second-order valence-electron chi connectivity index (χ2n) is 12.3. The highest BCUT2D eigenvalue weighted by molar-refractivity contribution is 5.96. The summed E-state index contributed by atoms with van der Waals surface area (Å²) in [4.78, 5) is 57.9. The Morgan fingerprint density at radius 2 is 1.55 bits per heavy atom. The number of alkyl carbamates (subject to hydrolysis) is 1. The molecule has 2 N–H and O–H groups in total. The summed E-state index contributed by atoms with van der Waals surface area (Å²) in [5.41, 5.74) is -0.0390. The van der Waals surface area contributed by atoms with Crippen molar-refractivity contribution in [3.05, 3.63) is 71.8 Å². The van der Waals surface area contributed by atoms with Crippen LogP contribution in [-0.2, 0) is 36.9 Å². The van der Waals surface area contributed by atoms with Gasteiger partial charge in [-0.2, -0.15) is 0 Å². The molecule has 240 valence electrons. The zero-order chi connectivity index (χ0) is 32.2. The summed E-state index contributed by atoms with van der Waals surface area (Å²) in [6, 6.07) is 18.3. The number of nitrogens with one attached hydrogen (secondary N) is 2. The van der Waals surface area contributed by atoms with Gasteiger partial charge < -0.3 is 25.0 Å². The Labute approximate surface area is 261 Å². The third-order valence-corrected chi connectivity index (χ3v) is 7.72. The highest BCUT2D eigenvalue weighted by Gasteiger charge is 2.50. The van der Waals surface area contributed by atoms with Crippen LogP contribution in [0.25, 0.3) is 0 Å². The van der Waals surface area contributed by atoms with E-state index >= 15 is 0 Å². The van der Waals surface area contributed by atoms with Crippen LogP contribution in [0.4, 0.5) is 4.79 Å². The van der Waals surface area contributed by atoms with E-state index in [1.165, 1.54) is 12.7 Å². The molecule has 0 aromatic heterocycles. The molecule has 0 saturated carbocycles. The predicted octanol–water partition coefficient (Wildman–Crippen LogP) is 4.42. The lowest BCUT2D eigenvalue weighted by atomic mass is 9.83. The Bertz CT molecular complexity index is 1220. The van der Waals surface area contributed by atoms with E-state index in [1.807, 2.05) is 48.5 Å². The van der Waals surface area contributed by atoms with E-state index in [0.717, 1.165) is 24.9 Å². The van der Waals surface area contributed by atoms with Gasteiger partial charge in [0.15, 0.2) is 0 Å². The van der Waals surface area contributed by atoms with Crippen molar-refractivity contribution in [2.24, 2.45) is 0 Å². The number of likely N-dealkylation sites (tertiary alicyclic amines) is 1. The number of benzene rings is 2. The van der Waals surface area contributed by atoms with Crippen LogP contribution in [0.3, 0.4) is 0 Å². The van der Waals surface area contributed by atoms with E-state index in [9.17, 15) is 19.2 Å². The molecule has 0 spiro atoms. The highest BCUT2D eigenvalue weighted by Crippen LogP contribution is 2.33. The van der Waals surface area contributed by atoms with Crippen LogP contribution in [0.5, 0.6) is 0 Å². The molecule has 44 heavy (non-hydrogen) atoms. The van der Waals surface area contributed by atoms with Gasteiger partial charge in [0.1, 0.15) is 17.2 Å². The van der Waals surface area contributed by atoms with Gasteiger partial charge in [-0.1, -0.05) is 74.0 Å². The van der Waals surface area contributed by atoms with E-state index in [0.29, 0.717) is 32.5 Å². The monoisotopic (exact) mass is 608 g/mol. The Morgan fingerprint density at radius 1 is 0.955 bits per heavy atom. The molecule has 10 heteroatoms. The number of methoxy groups -OCH3 is 1. The molecule has 1 aliphatic rings. The number of amides is 3. The normalized spacial score (nSPS) is 15.5. The number of hydrogen-bond acceptors (Lipinski definition) is 7. The van der Waals surface area contributed by atoms with Gasteiger partial charge in [0.25, 0.3) is 0 Å². The molecule has 0 unspecified atom stereocenters. The summed E-state index contributed by atoms with van der Waals surface area (Å²) in [6.45, 7) is 9.68. The van der Waals surface area contributed by atoms with Gasteiger partial charge in [-0.25, -0.2) is 4.79 Å². The van der Waals surface area contributed by atoms with Crippen molar-refractivity contribution >= 4 is 23.9 Å². The third kappa shape index (κ3) is 10.1. The van der Waals surface area contributed by atoms with Gasteiger partial charge in [0.05, 0.1) is 13.5 Å². The second-order valence-corrected chi connectivity index (χ2v) is 12.3. The number of rotatable bonds is 13. The number of unbranched alkanes of at least 4 members (excludes halogenated alkanes) is 1. The zero-order valence-corrected chi connectivity index (χ0v) is 26.8. The molecule has 0 radical (unpaired) electrons. The fourth-order valence-corrected chi connectivity index (χ4v) is 5.38. The average molecular weight is 609 g/mol. The number of esters is 1. The fraction of sp³-hybridized carbons (Fsp3) is 0.529. The second kappa shape index (κ2) is 16.2. The molecule has 3 amide bonds. The highest BCUT2D eigenvalue weighted by atomic mass is 16.6. The molecule has 1 aliphatic heterocycles. The van der Waals surface area contributed by atoms with Crippen LogP contribution in [0.2, 0.25) is 0 Å². The molecule has 1 atom stereocenters. The minimum absolute atomic E-state index is 0.118. The number of carbonyl (C=O) groups is 4. The molecule has 10 nitrogen and oxygen atoms in total. The quantitative estimate of drug-likeness (QED) is 0.255. The van der Waals surface area contributed by atoms with Gasteiger partial charge in [-0.05, 0) is 51.2 Å². The molecule has 1 fully saturated rings. The average Bonchev–Trinajstić information content (AvgIpc) is 3.00. The fourth-order valence-electron chi connectivity index (χ4n) is 5.38. The molecule has 1 saturated heterocycles. The van der Waals surface area contributed by atoms with Crippen molar-refractivity contribution in [1.29, 1.82) is 0 Å². The van der Waals surface area contributed by atoms with E-state index in [2.05, 4.69) is 34.6 Å². The standard InChI is InChI=1S/C34H48N4O6/c1-6-7-20-35-31(41)34(18-21-37(22-19-34)24-26-14-10-8-11-15-26)38(25-27-16-12-9-13-17-27)30(40)28(23-29(39)43-5)36-32(42)44-33(2,3)4/h8-17,28H,6-7,18-25H2,1-5H3,(H,35,41)(H,36,42)/t28-/m0/s1. The zero-order valence-electron chi connectivity index (χ0n) is 26.8. The summed E-state index contributed by atoms with van der Waals surface area (Å²) in [5.74, 6) is -1.45. The van der Waals surface area contributed by atoms with Gasteiger partial charge in [0.2, 0.25) is 11.8 Å². The van der Waals surface area contributed by atoms with Gasteiger partial charge in [-0.3, -0.25) is 19.3 Å². The Kier molecular flexibility index (Phi) is 12.8. The molecule has 0 aliphatic carbocycles. The molecule has 0 bridgehead atoms. The summed E-state index contributed by atoms with van der Waals surface area (Å²) >= 11 is 0. The Balaban J connectivity index is 2.01. The van der Waals surface area contributed by atoms with Crippen molar-refractivity contribution in [2.75, 3.05) is 26.7 Å². The van der Waals surface area contributed by atoms with Crippen molar-refractivity contribution in [1.82, 2.24) is 20.4 Å². The Hall–Kier alpha value is -3.92. The SMILES string of the molecule is CCCCNC(=O)C1(N(Cc2ccccc2)C(=O)[C@H](CC(=O)OC)NC(=O)OC(C)(C)C)CCN(Cc2ccccc2)CC1. The maximum atomic E-state index is 14.6. The topological polar surface area (TPSA) is 117 Å². The maximum absolute atomic E-state index is 14.6. The van der Waals surface area contributed by atoms with E-state index in [4.69, 9.17) is 9.47 Å². The van der Waals surface area contributed by atoms with Crippen LogP contribution in [-0.4, -0.2) is 77.6 Å². The number of hydrogen-bond donors (Lipinski definition) is 2. The molecule has 2 aromatic carbocycles. The minimum Gasteiger partial charge on any atom is -0.469 e. The first kappa shape index (κ1) is 34.6. The third-order valence-electron chi connectivity index (χ3n) is 7.72. The lowest BCUT2D eigenvalue weighted by Crippen LogP contribution is -2.67. The predicted molar refractivity (Wildman–Crippen MR) is 168 cm³/mol. The minimum atomic E-state index is -1.30. The molecular weight excluding hydrogens is 560 g/mol. The summed E-state index contributed by atoms with van der Waals surface area (Å²) in [5, 5.41) is 5.69. The van der Waals surface area contributed by atoms with Crippen molar-refractivity contribution in [3.63, 3.8) is 0 Å². The number of ether oxygens (including phenoxy) is 2. The lowest BCUT2D eigenvalue weighted by Gasteiger charge is -2.48. The lowest BCUT2D eigenvalue weighted by molar-refractivity contribution is -0.156. The molecular formula is C34H48N4O6. The first-order valence-corrected chi connectivity index (χ1v) is 15.4. The Morgan fingerprint density at radius 3 is 2.09 bits per heavy atom. The van der Waals surface area contributed by atoms with Crippen LogP contribution in [0.15, 0.2) is 60.7 Å². The van der Waals surface area contributed by atoms with Crippen molar-refractivity contribution in [3.8, 4) is 0 Å². The largest absolute Gasteiger partial charge is 0.469 e. The number of carbonyl (C=O) groups excluding carboxylic acids is 4. The van der Waals surface area contributed by atoms with Crippen LogP contribution < -0.4 is 10.6 Å². The number of nitrogens with zero attached hydrogens (tertiary/aromatic N) is 2. The molecule has 2 aromatic rings. The van der Waals surface area contributed by atoms with Gasteiger partial charge in [0, 0.05) is 32.7 Å². The molecule has 1 heterocycles. The van der Waals surface area contributed by atoms with Gasteiger partial charge >= 0.3 is 12.1 Å². The van der Waals surface area contributed by atoms with Crippen LogP contribution in [0, 0.1) is 0 Å². The molecule has 3 rings (SSSR count). The van der Waals surface area contributed by atoms with Gasteiger partial charge in [-0.15, -0.1) is 0 Å². The van der Waals surface area contributed by atoms with Crippen LogP contribution >= 0.6 is 0 Å². The van der Waals surface area contributed by atoms with Crippen molar-refractivity contribution in [2.45, 2.75) is 90.1 Å². The number of piperidine rings is 1. The van der Waals surface area contributed by atoms with E-state index < -0.39 is 41.6 Å².